The normalized spacial score (nSPS) is 24.8. The Labute approximate surface area is 61.5 Å². The minimum absolute atomic E-state index is 0.0648. The maximum absolute atomic E-state index is 7.54. The van der Waals surface area contributed by atoms with Gasteiger partial charge in [-0.3, -0.25) is 5.41 Å². The average Bonchev–Trinajstić information content (AvgIpc) is 2.36. The summed E-state index contributed by atoms with van der Waals surface area (Å²) in [4.78, 5) is 1.80. The van der Waals surface area contributed by atoms with Crippen LogP contribution >= 0.6 is 0 Å². The second kappa shape index (κ2) is 3.01. The van der Waals surface area contributed by atoms with Crippen molar-refractivity contribution in [1.82, 2.24) is 4.90 Å². The van der Waals surface area contributed by atoms with Crippen LogP contribution in [0.1, 0.15) is 12.8 Å². The molecule has 0 spiro atoms. The lowest BCUT2D eigenvalue weighted by Gasteiger charge is -2.18. The van der Waals surface area contributed by atoms with Gasteiger partial charge in [0.25, 0.3) is 0 Å². The molecule has 0 amide bonds. The lowest BCUT2D eigenvalue weighted by Crippen LogP contribution is -2.32. The Bertz CT molecular complexity index is 128. The first-order chi connectivity index (χ1) is 4.72. The van der Waals surface area contributed by atoms with Crippen LogP contribution in [0.15, 0.2) is 0 Å². The minimum atomic E-state index is 0.0648. The molecule has 0 aromatic carbocycles. The van der Waals surface area contributed by atoms with Crippen molar-refractivity contribution in [2.24, 2.45) is 0 Å². The number of amidine groups is 1. The Hall–Kier alpha value is -0.570. The first kappa shape index (κ1) is 7.54. The van der Waals surface area contributed by atoms with Crippen molar-refractivity contribution in [2.45, 2.75) is 18.9 Å². The molecule has 1 fully saturated rings. The number of rotatable bonds is 1. The lowest BCUT2D eigenvalue weighted by molar-refractivity contribution is 0.150. The van der Waals surface area contributed by atoms with Gasteiger partial charge < -0.3 is 9.64 Å². The molecule has 3 heteroatoms. The molecule has 1 heterocycles. The van der Waals surface area contributed by atoms with E-state index in [-0.39, 0.29) is 6.10 Å². The Morgan fingerprint density at radius 1 is 1.60 bits per heavy atom. The highest BCUT2D eigenvalue weighted by atomic mass is 16.5. The summed E-state index contributed by atoms with van der Waals surface area (Å²) in [7, 11) is 3.76. The predicted molar refractivity (Wildman–Crippen MR) is 40.4 cm³/mol. The van der Waals surface area contributed by atoms with Crippen molar-refractivity contribution < 1.29 is 4.74 Å². The van der Waals surface area contributed by atoms with Gasteiger partial charge in [0.2, 0.25) is 0 Å². The topological polar surface area (TPSA) is 36.3 Å². The maximum atomic E-state index is 7.54. The summed E-state index contributed by atoms with van der Waals surface area (Å²) in [5.74, 6) is 0.595. The quantitative estimate of drug-likeness (QED) is 0.432. The van der Waals surface area contributed by atoms with E-state index >= 15 is 0 Å². The van der Waals surface area contributed by atoms with E-state index in [1.165, 1.54) is 0 Å². The van der Waals surface area contributed by atoms with Gasteiger partial charge in [-0.15, -0.1) is 0 Å². The molecule has 1 aliphatic heterocycles. The van der Waals surface area contributed by atoms with E-state index in [0.29, 0.717) is 5.84 Å². The van der Waals surface area contributed by atoms with E-state index in [2.05, 4.69) is 0 Å². The van der Waals surface area contributed by atoms with Crippen molar-refractivity contribution in [3.8, 4) is 0 Å². The molecule has 1 saturated heterocycles. The van der Waals surface area contributed by atoms with Crippen LogP contribution in [0.4, 0.5) is 0 Å². The second-order valence-corrected chi connectivity index (χ2v) is 2.78. The van der Waals surface area contributed by atoms with Crippen LogP contribution in [0.25, 0.3) is 0 Å². The fourth-order valence-electron chi connectivity index (χ4n) is 1.08. The molecule has 0 bridgehead atoms. The highest BCUT2D eigenvalue weighted by molar-refractivity contribution is 5.83. The number of likely N-dealkylation sites (N-methyl/N-ethyl adjacent to an activating group) is 1. The zero-order valence-corrected chi connectivity index (χ0v) is 6.55. The van der Waals surface area contributed by atoms with Gasteiger partial charge in [-0.05, 0) is 12.8 Å². The predicted octanol–water partition coefficient (Wildman–Crippen LogP) is 0.704. The van der Waals surface area contributed by atoms with E-state index in [1.807, 2.05) is 14.1 Å². The number of hydrogen-bond donors (Lipinski definition) is 1. The summed E-state index contributed by atoms with van der Waals surface area (Å²) in [6.07, 6.45) is 2.17. The van der Waals surface area contributed by atoms with Crippen molar-refractivity contribution >= 4 is 5.84 Å². The Morgan fingerprint density at radius 3 is 2.70 bits per heavy atom. The Balaban J connectivity index is 2.40. The standard InChI is InChI=1S/C7H14N2O/c1-9(2)7(8)6-4-3-5-10-6/h6,8H,3-5H2,1-2H3. The van der Waals surface area contributed by atoms with E-state index in [9.17, 15) is 0 Å². The smallest absolute Gasteiger partial charge is 0.125 e. The monoisotopic (exact) mass is 142 g/mol. The van der Waals surface area contributed by atoms with Crippen molar-refractivity contribution in [2.75, 3.05) is 20.7 Å². The maximum Gasteiger partial charge on any atom is 0.125 e. The van der Waals surface area contributed by atoms with Crippen molar-refractivity contribution in [3.63, 3.8) is 0 Å². The Morgan fingerprint density at radius 2 is 2.30 bits per heavy atom. The molecule has 1 N–H and O–H groups in total. The number of nitrogens with zero attached hydrogens (tertiary/aromatic N) is 1. The van der Waals surface area contributed by atoms with Crippen molar-refractivity contribution in [1.29, 1.82) is 5.41 Å². The molecule has 58 valence electrons. The molecule has 1 unspecified atom stereocenters. The lowest BCUT2D eigenvalue weighted by atomic mass is 10.2. The third-order valence-corrected chi connectivity index (χ3v) is 1.72. The molecule has 0 aliphatic carbocycles. The van der Waals surface area contributed by atoms with Gasteiger partial charge in [0.15, 0.2) is 0 Å². The van der Waals surface area contributed by atoms with Crippen LogP contribution in [0.5, 0.6) is 0 Å². The summed E-state index contributed by atoms with van der Waals surface area (Å²) >= 11 is 0. The van der Waals surface area contributed by atoms with Gasteiger partial charge in [0.1, 0.15) is 11.9 Å². The summed E-state index contributed by atoms with van der Waals surface area (Å²) < 4.78 is 5.31. The third kappa shape index (κ3) is 1.48. The third-order valence-electron chi connectivity index (χ3n) is 1.72. The SMILES string of the molecule is CN(C)C(=N)C1CCCO1. The molecule has 3 nitrogen and oxygen atoms in total. The van der Waals surface area contributed by atoms with E-state index in [1.54, 1.807) is 4.90 Å². The summed E-state index contributed by atoms with van der Waals surface area (Å²) in [5, 5.41) is 7.54. The summed E-state index contributed by atoms with van der Waals surface area (Å²) in [5.41, 5.74) is 0. The molecule has 1 rings (SSSR count). The fourth-order valence-corrected chi connectivity index (χ4v) is 1.08. The second-order valence-electron chi connectivity index (χ2n) is 2.78. The largest absolute Gasteiger partial charge is 0.370 e. The molecule has 1 atom stereocenters. The minimum Gasteiger partial charge on any atom is -0.370 e. The van der Waals surface area contributed by atoms with Gasteiger partial charge in [-0.25, -0.2) is 0 Å². The molecule has 0 saturated carbocycles. The first-order valence-corrected chi connectivity index (χ1v) is 3.59. The van der Waals surface area contributed by atoms with Gasteiger partial charge >= 0.3 is 0 Å². The number of ether oxygens (including phenoxy) is 1. The molecule has 1 aliphatic rings. The highest BCUT2D eigenvalue weighted by Crippen LogP contribution is 2.13. The Kier molecular flexibility index (Phi) is 2.27. The average molecular weight is 142 g/mol. The number of hydrogen-bond acceptors (Lipinski definition) is 2. The van der Waals surface area contributed by atoms with Crippen LogP contribution in [0.2, 0.25) is 0 Å². The highest BCUT2D eigenvalue weighted by Gasteiger charge is 2.21. The molecule has 0 aromatic rings. The van der Waals surface area contributed by atoms with Gasteiger partial charge in [-0.1, -0.05) is 0 Å². The van der Waals surface area contributed by atoms with E-state index in [4.69, 9.17) is 10.1 Å². The molecule has 0 radical (unpaired) electrons. The van der Waals surface area contributed by atoms with Crippen LogP contribution in [0, 0.1) is 5.41 Å². The fraction of sp³-hybridized carbons (Fsp3) is 0.857. The zero-order chi connectivity index (χ0) is 7.56. The van der Waals surface area contributed by atoms with E-state index < -0.39 is 0 Å². The molecule has 0 aromatic heterocycles. The summed E-state index contributed by atoms with van der Waals surface area (Å²) in [6.45, 7) is 0.820. The van der Waals surface area contributed by atoms with Crippen LogP contribution in [-0.2, 0) is 4.74 Å². The number of nitrogens with one attached hydrogen (secondary N) is 1. The van der Waals surface area contributed by atoms with Gasteiger partial charge in [0, 0.05) is 20.7 Å². The first-order valence-electron chi connectivity index (χ1n) is 3.59. The van der Waals surface area contributed by atoms with Crippen LogP contribution in [-0.4, -0.2) is 37.5 Å². The van der Waals surface area contributed by atoms with Crippen LogP contribution in [0.3, 0.4) is 0 Å². The van der Waals surface area contributed by atoms with Gasteiger partial charge in [0.05, 0.1) is 0 Å². The van der Waals surface area contributed by atoms with Gasteiger partial charge in [-0.2, -0.15) is 0 Å². The molecular formula is C7H14N2O. The zero-order valence-electron chi connectivity index (χ0n) is 6.55. The summed E-state index contributed by atoms with van der Waals surface area (Å²) in [6, 6.07) is 0. The van der Waals surface area contributed by atoms with E-state index in [0.717, 1.165) is 19.4 Å². The molecule has 10 heavy (non-hydrogen) atoms. The van der Waals surface area contributed by atoms with Crippen LogP contribution < -0.4 is 0 Å². The molecular weight excluding hydrogens is 128 g/mol. The van der Waals surface area contributed by atoms with Crippen molar-refractivity contribution in [3.05, 3.63) is 0 Å².